The van der Waals surface area contributed by atoms with Crippen LogP contribution in [0.3, 0.4) is 0 Å². The van der Waals surface area contributed by atoms with Crippen molar-refractivity contribution < 1.29 is 9.90 Å². The quantitative estimate of drug-likeness (QED) is 0.881. The highest BCUT2D eigenvalue weighted by molar-refractivity contribution is 5.86. The van der Waals surface area contributed by atoms with Gasteiger partial charge in [-0.2, -0.15) is 5.10 Å². The molecule has 0 unspecified atom stereocenters. The second-order valence-electron chi connectivity index (χ2n) is 3.93. The van der Waals surface area contributed by atoms with Crippen molar-refractivity contribution in [3.05, 3.63) is 47.3 Å². The Morgan fingerprint density at radius 3 is 2.53 bits per heavy atom. The van der Waals surface area contributed by atoms with E-state index in [1.54, 1.807) is 6.07 Å². The fourth-order valence-corrected chi connectivity index (χ4v) is 1.64. The Morgan fingerprint density at radius 1 is 1.35 bits per heavy atom. The molecule has 0 aliphatic rings. The Labute approximate surface area is 99.5 Å². The highest BCUT2D eigenvalue weighted by Crippen LogP contribution is 2.14. The van der Waals surface area contributed by atoms with E-state index >= 15 is 0 Å². The summed E-state index contributed by atoms with van der Waals surface area (Å²) in [6.45, 7) is 3.94. The largest absolute Gasteiger partial charge is 0.477 e. The van der Waals surface area contributed by atoms with E-state index in [-0.39, 0.29) is 5.69 Å². The van der Waals surface area contributed by atoms with Gasteiger partial charge in [-0.05, 0) is 31.5 Å². The molecule has 2 aromatic rings. The first-order valence-corrected chi connectivity index (χ1v) is 5.51. The summed E-state index contributed by atoms with van der Waals surface area (Å²) in [5.41, 5.74) is 2.88. The van der Waals surface area contributed by atoms with Gasteiger partial charge in [0.1, 0.15) is 0 Å². The van der Waals surface area contributed by atoms with Gasteiger partial charge in [-0.15, -0.1) is 0 Å². The first-order chi connectivity index (χ1) is 8.11. The normalized spacial score (nSPS) is 10.5. The molecular weight excluding hydrogens is 216 g/mol. The second-order valence-corrected chi connectivity index (χ2v) is 3.93. The lowest BCUT2D eigenvalue weighted by molar-refractivity contribution is 0.0687. The summed E-state index contributed by atoms with van der Waals surface area (Å²) in [4.78, 5) is 11.1. The average molecular weight is 230 g/mol. The van der Waals surface area contributed by atoms with Crippen molar-refractivity contribution in [1.82, 2.24) is 9.78 Å². The van der Waals surface area contributed by atoms with Gasteiger partial charge in [-0.25, -0.2) is 9.48 Å². The molecule has 0 atom stereocenters. The van der Waals surface area contributed by atoms with Crippen LogP contribution in [0.1, 0.15) is 28.7 Å². The Bertz CT molecular complexity index is 541. The van der Waals surface area contributed by atoms with Gasteiger partial charge in [0.05, 0.1) is 11.4 Å². The van der Waals surface area contributed by atoms with Gasteiger partial charge in [0.2, 0.25) is 0 Å². The van der Waals surface area contributed by atoms with E-state index < -0.39 is 5.97 Å². The van der Waals surface area contributed by atoms with Gasteiger partial charge in [-0.3, -0.25) is 0 Å². The highest BCUT2D eigenvalue weighted by atomic mass is 16.4. The lowest BCUT2D eigenvalue weighted by atomic mass is 10.2. The van der Waals surface area contributed by atoms with Gasteiger partial charge in [-0.1, -0.05) is 24.6 Å². The first-order valence-electron chi connectivity index (χ1n) is 5.51. The number of carbonyl (C=O) groups is 1. The van der Waals surface area contributed by atoms with Gasteiger partial charge in [0.25, 0.3) is 0 Å². The lowest BCUT2D eigenvalue weighted by Crippen LogP contribution is -2.07. The summed E-state index contributed by atoms with van der Waals surface area (Å²) < 4.78 is 1.47. The molecule has 1 N–H and O–H groups in total. The molecule has 17 heavy (non-hydrogen) atoms. The molecule has 0 aliphatic heterocycles. The predicted molar refractivity (Wildman–Crippen MR) is 64.6 cm³/mol. The van der Waals surface area contributed by atoms with Crippen molar-refractivity contribution in [1.29, 1.82) is 0 Å². The summed E-state index contributed by atoms with van der Waals surface area (Å²) in [5.74, 6) is -0.960. The zero-order valence-electron chi connectivity index (χ0n) is 9.84. The Kier molecular flexibility index (Phi) is 2.95. The number of aryl methyl sites for hydroxylation is 2. The van der Waals surface area contributed by atoms with Crippen LogP contribution < -0.4 is 0 Å². The molecular formula is C13H14N2O2. The van der Waals surface area contributed by atoms with E-state index in [1.165, 1.54) is 4.68 Å². The predicted octanol–water partition coefficient (Wildman–Crippen LogP) is 2.44. The van der Waals surface area contributed by atoms with E-state index in [0.29, 0.717) is 0 Å². The van der Waals surface area contributed by atoms with Gasteiger partial charge >= 0.3 is 5.97 Å². The van der Waals surface area contributed by atoms with Crippen LogP contribution in [0.15, 0.2) is 30.3 Å². The molecule has 0 aliphatic carbocycles. The number of rotatable bonds is 3. The van der Waals surface area contributed by atoms with Crippen LogP contribution in [-0.2, 0) is 6.42 Å². The number of aromatic carboxylic acids is 1. The van der Waals surface area contributed by atoms with Gasteiger partial charge < -0.3 is 5.11 Å². The average Bonchev–Trinajstić information content (AvgIpc) is 2.74. The molecule has 0 amide bonds. The lowest BCUT2D eigenvalue weighted by Gasteiger charge is -2.04. The van der Waals surface area contributed by atoms with Crippen LogP contribution >= 0.6 is 0 Å². The third-order valence-corrected chi connectivity index (χ3v) is 2.62. The fourth-order valence-electron chi connectivity index (χ4n) is 1.64. The fraction of sp³-hybridized carbons (Fsp3) is 0.231. The third-order valence-electron chi connectivity index (χ3n) is 2.62. The molecule has 0 radical (unpaired) electrons. The number of carboxylic acids is 1. The van der Waals surface area contributed by atoms with Crippen molar-refractivity contribution in [2.24, 2.45) is 0 Å². The van der Waals surface area contributed by atoms with Crippen molar-refractivity contribution in [3.8, 4) is 5.69 Å². The molecule has 2 rings (SSSR count). The summed E-state index contributed by atoms with van der Waals surface area (Å²) in [7, 11) is 0. The number of hydrogen-bond donors (Lipinski definition) is 1. The van der Waals surface area contributed by atoms with Crippen molar-refractivity contribution in [2.75, 3.05) is 0 Å². The maximum Gasteiger partial charge on any atom is 0.354 e. The summed E-state index contributed by atoms with van der Waals surface area (Å²) >= 11 is 0. The summed E-state index contributed by atoms with van der Waals surface area (Å²) in [5, 5.41) is 13.4. The zero-order chi connectivity index (χ0) is 12.4. The van der Waals surface area contributed by atoms with Crippen LogP contribution in [0.2, 0.25) is 0 Å². The molecule has 0 fully saturated rings. The van der Waals surface area contributed by atoms with Gasteiger partial charge in [0, 0.05) is 0 Å². The molecule has 4 nitrogen and oxygen atoms in total. The molecule has 0 saturated heterocycles. The molecule has 88 valence electrons. The minimum Gasteiger partial charge on any atom is -0.477 e. The maximum atomic E-state index is 11.1. The van der Waals surface area contributed by atoms with Crippen LogP contribution in [0, 0.1) is 6.92 Å². The molecule has 1 heterocycles. The summed E-state index contributed by atoms with van der Waals surface area (Å²) in [6, 6.07) is 9.23. The number of hydrogen-bond acceptors (Lipinski definition) is 2. The first kappa shape index (κ1) is 11.4. The third kappa shape index (κ3) is 2.20. The van der Waals surface area contributed by atoms with Crippen LogP contribution in [0.4, 0.5) is 0 Å². The molecule has 0 bridgehead atoms. The monoisotopic (exact) mass is 230 g/mol. The number of benzene rings is 1. The number of carboxylic acid groups (broad SMARTS) is 1. The van der Waals surface area contributed by atoms with Crippen molar-refractivity contribution >= 4 is 5.97 Å². The topological polar surface area (TPSA) is 55.1 Å². The van der Waals surface area contributed by atoms with E-state index in [1.807, 2.05) is 38.1 Å². The van der Waals surface area contributed by atoms with Crippen LogP contribution in [0.25, 0.3) is 5.69 Å². The Morgan fingerprint density at radius 2 is 2.00 bits per heavy atom. The van der Waals surface area contributed by atoms with E-state index in [9.17, 15) is 4.79 Å². The van der Waals surface area contributed by atoms with Crippen molar-refractivity contribution in [2.45, 2.75) is 20.3 Å². The molecule has 0 spiro atoms. The SMILES string of the molecule is CCc1cc(C(=O)O)n(-c2ccc(C)cc2)n1. The molecule has 4 heteroatoms. The zero-order valence-corrected chi connectivity index (χ0v) is 9.84. The van der Waals surface area contributed by atoms with Crippen LogP contribution in [0.5, 0.6) is 0 Å². The maximum absolute atomic E-state index is 11.1. The second kappa shape index (κ2) is 4.41. The molecule has 0 saturated carbocycles. The van der Waals surface area contributed by atoms with E-state index in [2.05, 4.69) is 5.10 Å². The van der Waals surface area contributed by atoms with E-state index in [4.69, 9.17) is 5.11 Å². The summed E-state index contributed by atoms with van der Waals surface area (Å²) in [6.07, 6.45) is 0.721. The molecule has 1 aromatic heterocycles. The van der Waals surface area contributed by atoms with Crippen molar-refractivity contribution in [3.63, 3.8) is 0 Å². The highest BCUT2D eigenvalue weighted by Gasteiger charge is 2.14. The van der Waals surface area contributed by atoms with E-state index in [0.717, 1.165) is 23.4 Å². The van der Waals surface area contributed by atoms with Gasteiger partial charge in [0.15, 0.2) is 5.69 Å². The Balaban J connectivity index is 2.53. The standard InChI is InChI=1S/C13H14N2O2/c1-3-10-8-12(13(16)17)15(14-10)11-6-4-9(2)5-7-11/h4-8H,3H2,1-2H3,(H,16,17). The Hall–Kier alpha value is -2.10. The van der Waals surface area contributed by atoms with Crippen LogP contribution in [-0.4, -0.2) is 20.9 Å². The minimum atomic E-state index is -0.960. The minimum absolute atomic E-state index is 0.200. The number of nitrogens with zero attached hydrogens (tertiary/aromatic N) is 2. The smallest absolute Gasteiger partial charge is 0.354 e. The number of aromatic nitrogens is 2. The molecule has 1 aromatic carbocycles.